The third-order valence-corrected chi connectivity index (χ3v) is 4.39. The molecule has 0 heterocycles. The first-order valence-electron chi connectivity index (χ1n) is 7.40. The number of nitrogens with one attached hydrogen (secondary N) is 1. The number of hydrogen-bond donors (Lipinski definition) is 1. The molecule has 2 aromatic rings. The van der Waals surface area contributed by atoms with E-state index in [2.05, 4.69) is 49.5 Å². The number of fused-ring (bicyclic) bond motifs is 1. The molecule has 0 fully saturated rings. The van der Waals surface area contributed by atoms with Gasteiger partial charge in [-0.2, -0.15) is 5.26 Å². The number of nitrogens with zero attached hydrogens (tertiary/aromatic N) is 1. The van der Waals surface area contributed by atoms with Crippen molar-refractivity contribution in [2.45, 2.75) is 32.9 Å². The third kappa shape index (κ3) is 2.70. The van der Waals surface area contributed by atoms with E-state index in [0.29, 0.717) is 11.6 Å². The van der Waals surface area contributed by atoms with E-state index in [-0.39, 0.29) is 5.41 Å². The van der Waals surface area contributed by atoms with Gasteiger partial charge in [-0.15, -0.1) is 0 Å². The molecule has 0 aromatic heterocycles. The Morgan fingerprint density at radius 3 is 2.57 bits per heavy atom. The van der Waals surface area contributed by atoms with Gasteiger partial charge in [-0.1, -0.05) is 50.2 Å². The first-order valence-corrected chi connectivity index (χ1v) is 7.40. The van der Waals surface area contributed by atoms with Gasteiger partial charge in [-0.05, 0) is 40.7 Å². The van der Waals surface area contributed by atoms with Crippen molar-refractivity contribution in [2.75, 3.05) is 0 Å². The first-order chi connectivity index (χ1) is 10.1. The minimum Gasteiger partial charge on any atom is -0.305 e. The van der Waals surface area contributed by atoms with Crippen molar-refractivity contribution in [3.63, 3.8) is 0 Å². The van der Waals surface area contributed by atoms with E-state index in [1.807, 2.05) is 24.3 Å². The molecular formula is C19H20N2. The largest absolute Gasteiger partial charge is 0.305 e. The number of nitriles is 1. The molecule has 106 valence electrons. The SMILES string of the molecule is CC1(C)Cc2ccccc2C1NCc1ccc(C#N)cc1. The lowest BCUT2D eigenvalue weighted by Crippen LogP contribution is -2.30. The van der Waals surface area contributed by atoms with E-state index in [9.17, 15) is 0 Å². The van der Waals surface area contributed by atoms with Crippen LogP contribution in [-0.2, 0) is 13.0 Å². The minimum atomic E-state index is 0.232. The number of hydrogen-bond acceptors (Lipinski definition) is 2. The fourth-order valence-corrected chi connectivity index (χ4v) is 3.29. The molecule has 0 saturated carbocycles. The van der Waals surface area contributed by atoms with Gasteiger partial charge >= 0.3 is 0 Å². The van der Waals surface area contributed by atoms with Crippen molar-refractivity contribution in [1.82, 2.24) is 5.32 Å². The van der Waals surface area contributed by atoms with Gasteiger partial charge in [-0.3, -0.25) is 0 Å². The van der Waals surface area contributed by atoms with Crippen LogP contribution in [0.2, 0.25) is 0 Å². The van der Waals surface area contributed by atoms with E-state index in [1.165, 1.54) is 16.7 Å². The second kappa shape index (κ2) is 5.35. The molecule has 1 aliphatic carbocycles. The van der Waals surface area contributed by atoms with Crippen LogP contribution in [0.1, 0.15) is 42.1 Å². The third-order valence-electron chi connectivity index (χ3n) is 4.39. The standard InChI is InChI=1S/C19H20N2/c1-19(2)11-16-5-3-4-6-17(16)18(19)21-13-15-9-7-14(12-20)8-10-15/h3-10,18,21H,11,13H2,1-2H3. The highest BCUT2D eigenvalue weighted by Gasteiger charge is 2.38. The molecule has 2 nitrogen and oxygen atoms in total. The van der Waals surface area contributed by atoms with E-state index < -0.39 is 0 Å². The van der Waals surface area contributed by atoms with Gasteiger partial charge in [0.1, 0.15) is 0 Å². The molecule has 2 aromatic carbocycles. The van der Waals surface area contributed by atoms with E-state index >= 15 is 0 Å². The van der Waals surface area contributed by atoms with Crippen molar-refractivity contribution >= 4 is 0 Å². The topological polar surface area (TPSA) is 35.8 Å². The van der Waals surface area contributed by atoms with Crippen LogP contribution in [-0.4, -0.2) is 0 Å². The summed E-state index contributed by atoms with van der Waals surface area (Å²) in [7, 11) is 0. The summed E-state index contributed by atoms with van der Waals surface area (Å²) in [5.74, 6) is 0. The predicted molar refractivity (Wildman–Crippen MR) is 84.7 cm³/mol. The lowest BCUT2D eigenvalue weighted by atomic mass is 9.85. The summed E-state index contributed by atoms with van der Waals surface area (Å²) in [6.07, 6.45) is 1.12. The van der Waals surface area contributed by atoms with E-state index in [1.54, 1.807) is 0 Å². The summed E-state index contributed by atoms with van der Waals surface area (Å²) < 4.78 is 0. The van der Waals surface area contributed by atoms with Crippen LogP contribution in [0.5, 0.6) is 0 Å². The lowest BCUT2D eigenvalue weighted by molar-refractivity contribution is 0.268. The molecule has 0 aliphatic heterocycles. The highest BCUT2D eigenvalue weighted by atomic mass is 14.9. The minimum absolute atomic E-state index is 0.232. The highest BCUT2D eigenvalue weighted by molar-refractivity contribution is 5.38. The molecular weight excluding hydrogens is 256 g/mol. The van der Waals surface area contributed by atoms with Crippen LogP contribution in [0.3, 0.4) is 0 Å². The van der Waals surface area contributed by atoms with E-state index in [4.69, 9.17) is 5.26 Å². The first kappa shape index (κ1) is 13.9. The zero-order chi connectivity index (χ0) is 14.9. The van der Waals surface area contributed by atoms with Gasteiger partial charge in [0.25, 0.3) is 0 Å². The Kier molecular flexibility index (Phi) is 3.53. The Morgan fingerprint density at radius 2 is 1.86 bits per heavy atom. The van der Waals surface area contributed by atoms with Crippen LogP contribution in [0.15, 0.2) is 48.5 Å². The fourth-order valence-electron chi connectivity index (χ4n) is 3.29. The van der Waals surface area contributed by atoms with Crippen molar-refractivity contribution in [3.05, 3.63) is 70.8 Å². The van der Waals surface area contributed by atoms with Crippen LogP contribution in [0, 0.1) is 16.7 Å². The maximum atomic E-state index is 8.84. The zero-order valence-electron chi connectivity index (χ0n) is 12.6. The Labute approximate surface area is 126 Å². The molecule has 0 saturated heterocycles. The van der Waals surface area contributed by atoms with Crippen molar-refractivity contribution < 1.29 is 0 Å². The lowest BCUT2D eigenvalue weighted by Gasteiger charge is -2.28. The molecule has 3 rings (SSSR count). The van der Waals surface area contributed by atoms with Gasteiger partial charge in [0.05, 0.1) is 11.6 Å². The molecule has 21 heavy (non-hydrogen) atoms. The van der Waals surface area contributed by atoms with Gasteiger partial charge in [0.15, 0.2) is 0 Å². The summed E-state index contributed by atoms with van der Waals surface area (Å²) in [5, 5.41) is 12.5. The number of rotatable bonds is 3. The molecule has 1 atom stereocenters. The maximum Gasteiger partial charge on any atom is 0.0991 e. The van der Waals surface area contributed by atoms with Gasteiger partial charge in [0, 0.05) is 12.6 Å². The average Bonchev–Trinajstić information content (AvgIpc) is 2.75. The molecule has 2 heteroatoms. The zero-order valence-corrected chi connectivity index (χ0v) is 12.6. The molecule has 0 radical (unpaired) electrons. The van der Waals surface area contributed by atoms with E-state index in [0.717, 1.165) is 13.0 Å². The summed E-state index contributed by atoms with van der Waals surface area (Å²) in [5.41, 5.74) is 5.05. The average molecular weight is 276 g/mol. The maximum absolute atomic E-state index is 8.84. The molecule has 0 amide bonds. The summed E-state index contributed by atoms with van der Waals surface area (Å²) >= 11 is 0. The monoisotopic (exact) mass is 276 g/mol. The summed E-state index contributed by atoms with van der Waals surface area (Å²) in [6.45, 7) is 5.47. The van der Waals surface area contributed by atoms with Crippen molar-refractivity contribution in [2.24, 2.45) is 5.41 Å². The Morgan fingerprint density at radius 1 is 1.14 bits per heavy atom. The van der Waals surface area contributed by atoms with Gasteiger partial charge in [0.2, 0.25) is 0 Å². The number of benzene rings is 2. The quantitative estimate of drug-likeness (QED) is 0.920. The van der Waals surface area contributed by atoms with Crippen LogP contribution in [0.4, 0.5) is 0 Å². The Hall–Kier alpha value is -2.11. The summed E-state index contributed by atoms with van der Waals surface area (Å²) in [4.78, 5) is 0. The van der Waals surface area contributed by atoms with Gasteiger partial charge < -0.3 is 5.32 Å². The molecule has 0 bridgehead atoms. The highest BCUT2D eigenvalue weighted by Crippen LogP contribution is 2.45. The fraction of sp³-hybridized carbons (Fsp3) is 0.316. The normalized spacial score (nSPS) is 19.0. The van der Waals surface area contributed by atoms with Crippen LogP contribution in [0.25, 0.3) is 0 Å². The second-order valence-electron chi connectivity index (χ2n) is 6.49. The molecule has 1 N–H and O–H groups in total. The predicted octanol–water partition coefficient (Wildman–Crippen LogP) is 3.97. The summed E-state index contributed by atoms with van der Waals surface area (Å²) in [6, 6.07) is 19.1. The van der Waals surface area contributed by atoms with Crippen LogP contribution >= 0.6 is 0 Å². The van der Waals surface area contributed by atoms with Crippen LogP contribution < -0.4 is 5.32 Å². The second-order valence-corrected chi connectivity index (χ2v) is 6.49. The molecule has 1 unspecified atom stereocenters. The van der Waals surface area contributed by atoms with Gasteiger partial charge in [-0.25, -0.2) is 0 Å². The van der Waals surface area contributed by atoms with Crippen molar-refractivity contribution in [3.8, 4) is 6.07 Å². The Bertz CT molecular complexity index is 677. The Balaban J connectivity index is 1.76. The van der Waals surface area contributed by atoms with Crippen molar-refractivity contribution in [1.29, 1.82) is 5.26 Å². The molecule has 0 spiro atoms. The molecule has 1 aliphatic rings. The smallest absolute Gasteiger partial charge is 0.0991 e.